The van der Waals surface area contributed by atoms with Crippen molar-refractivity contribution in [3.05, 3.63) is 42.4 Å². The zero-order chi connectivity index (χ0) is 13.8. The minimum Gasteiger partial charge on any atom is -0.477 e. The van der Waals surface area contributed by atoms with E-state index < -0.39 is 17.5 Å². The molecule has 19 heavy (non-hydrogen) atoms. The summed E-state index contributed by atoms with van der Waals surface area (Å²) in [7, 11) is 0. The lowest BCUT2D eigenvalue weighted by Gasteiger charge is -2.04. The number of carbonyl (C=O) groups is 2. The number of nitrogens with zero attached hydrogens (tertiary/aromatic N) is 2. The Kier molecular flexibility index (Phi) is 3.37. The molecule has 0 radical (unpaired) electrons. The second-order valence-corrected chi connectivity index (χ2v) is 3.55. The Balaban J connectivity index is 2.39. The van der Waals surface area contributed by atoms with Gasteiger partial charge in [0.05, 0.1) is 5.52 Å². The van der Waals surface area contributed by atoms with E-state index in [1.807, 2.05) is 0 Å². The third-order valence-corrected chi connectivity index (χ3v) is 2.36. The zero-order valence-electron chi connectivity index (χ0n) is 9.57. The van der Waals surface area contributed by atoms with Crippen molar-refractivity contribution < 1.29 is 19.8 Å². The SMILES string of the molecule is O=C(O)C(=CNc1ncnc2ccccc12)C(=O)O. The maximum absolute atomic E-state index is 10.7. The van der Waals surface area contributed by atoms with Crippen molar-refractivity contribution in [2.75, 3.05) is 5.32 Å². The predicted octanol–water partition coefficient (Wildman–Crippen LogP) is 1.09. The maximum Gasteiger partial charge on any atom is 0.344 e. The Bertz CT molecular complexity index is 660. The molecule has 0 spiro atoms. The molecule has 1 heterocycles. The van der Waals surface area contributed by atoms with Crippen LogP contribution >= 0.6 is 0 Å². The van der Waals surface area contributed by atoms with E-state index in [-0.39, 0.29) is 0 Å². The number of carboxylic acid groups (broad SMARTS) is 2. The molecule has 0 atom stereocenters. The van der Waals surface area contributed by atoms with Crippen molar-refractivity contribution in [1.29, 1.82) is 0 Å². The van der Waals surface area contributed by atoms with Crippen molar-refractivity contribution >= 4 is 28.7 Å². The van der Waals surface area contributed by atoms with Gasteiger partial charge < -0.3 is 15.5 Å². The number of carboxylic acids is 2. The van der Waals surface area contributed by atoms with Gasteiger partial charge in [0.1, 0.15) is 12.1 Å². The Labute approximate surface area is 107 Å². The molecule has 2 aromatic rings. The number of hydrogen-bond donors (Lipinski definition) is 3. The molecular weight excluding hydrogens is 250 g/mol. The number of hydrogen-bond acceptors (Lipinski definition) is 5. The summed E-state index contributed by atoms with van der Waals surface area (Å²) in [5.74, 6) is -2.72. The van der Waals surface area contributed by atoms with E-state index in [0.29, 0.717) is 16.7 Å². The van der Waals surface area contributed by atoms with E-state index in [0.717, 1.165) is 6.20 Å². The monoisotopic (exact) mass is 259 g/mol. The summed E-state index contributed by atoms with van der Waals surface area (Å²) < 4.78 is 0. The molecular formula is C12H9N3O4. The van der Waals surface area contributed by atoms with Crippen molar-refractivity contribution in [2.45, 2.75) is 0 Å². The lowest BCUT2D eigenvalue weighted by atomic mass is 10.2. The van der Waals surface area contributed by atoms with Crippen LogP contribution in [0, 0.1) is 0 Å². The van der Waals surface area contributed by atoms with Gasteiger partial charge in [-0.25, -0.2) is 19.6 Å². The van der Waals surface area contributed by atoms with E-state index in [9.17, 15) is 9.59 Å². The molecule has 0 aliphatic heterocycles. The van der Waals surface area contributed by atoms with Crippen LogP contribution in [-0.2, 0) is 9.59 Å². The van der Waals surface area contributed by atoms with Gasteiger partial charge in [-0.3, -0.25) is 0 Å². The number of anilines is 1. The Morgan fingerprint density at radius 2 is 1.79 bits per heavy atom. The van der Waals surface area contributed by atoms with Crippen LogP contribution in [0.15, 0.2) is 42.4 Å². The second kappa shape index (κ2) is 5.13. The smallest absolute Gasteiger partial charge is 0.344 e. The highest BCUT2D eigenvalue weighted by Crippen LogP contribution is 2.18. The highest BCUT2D eigenvalue weighted by molar-refractivity contribution is 6.12. The van der Waals surface area contributed by atoms with Gasteiger partial charge in [0, 0.05) is 11.6 Å². The minimum absolute atomic E-state index is 0.339. The molecule has 0 saturated heterocycles. The maximum atomic E-state index is 10.7. The van der Waals surface area contributed by atoms with E-state index in [4.69, 9.17) is 10.2 Å². The fourth-order valence-electron chi connectivity index (χ4n) is 1.48. The standard InChI is InChI=1S/C12H9N3O4/c16-11(17)8(12(18)19)5-13-10-7-3-1-2-4-9(7)14-6-15-10/h1-6H,(H,16,17)(H,18,19)(H,13,14,15). The zero-order valence-corrected chi connectivity index (χ0v) is 9.57. The normalized spacial score (nSPS) is 9.89. The average molecular weight is 259 g/mol. The Morgan fingerprint density at radius 1 is 1.11 bits per heavy atom. The van der Waals surface area contributed by atoms with Gasteiger partial charge in [0.2, 0.25) is 0 Å². The fourth-order valence-corrected chi connectivity index (χ4v) is 1.48. The summed E-state index contributed by atoms with van der Waals surface area (Å²) >= 11 is 0. The summed E-state index contributed by atoms with van der Waals surface area (Å²) in [6, 6.07) is 7.08. The van der Waals surface area contributed by atoms with Crippen molar-refractivity contribution in [3.8, 4) is 0 Å². The van der Waals surface area contributed by atoms with Crippen LogP contribution in [0.3, 0.4) is 0 Å². The first-order valence-corrected chi connectivity index (χ1v) is 5.22. The van der Waals surface area contributed by atoms with Gasteiger partial charge in [-0.1, -0.05) is 12.1 Å². The van der Waals surface area contributed by atoms with Crippen LogP contribution in [0.4, 0.5) is 5.82 Å². The molecule has 2 rings (SSSR count). The van der Waals surface area contributed by atoms with Crippen LogP contribution in [0.2, 0.25) is 0 Å². The number of rotatable bonds is 4. The molecule has 0 aliphatic carbocycles. The van der Waals surface area contributed by atoms with E-state index in [2.05, 4.69) is 15.3 Å². The molecule has 1 aromatic carbocycles. The summed E-state index contributed by atoms with van der Waals surface area (Å²) in [5, 5.41) is 20.7. The second-order valence-electron chi connectivity index (χ2n) is 3.55. The Morgan fingerprint density at radius 3 is 2.47 bits per heavy atom. The van der Waals surface area contributed by atoms with Crippen molar-refractivity contribution in [2.24, 2.45) is 0 Å². The van der Waals surface area contributed by atoms with Gasteiger partial charge in [0.25, 0.3) is 0 Å². The molecule has 0 bridgehead atoms. The average Bonchev–Trinajstić information content (AvgIpc) is 2.38. The molecule has 0 amide bonds. The first kappa shape index (κ1) is 12.5. The van der Waals surface area contributed by atoms with Crippen LogP contribution in [0.25, 0.3) is 10.9 Å². The molecule has 7 heteroatoms. The first-order valence-electron chi connectivity index (χ1n) is 5.22. The van der Waals surface area contributed by atoms with Gasteiger partial charge >= 0.3 is 11.9 Å². The topological polar surface area (TPSA) is 112 Å². The summed E-state index contributed by atoms with van der Waals surface area (Å²) in [4.78, 5) is 29.4. The predicted molar refractivity (Wildman–Crippen MR) is 66.5 cm³/mol. The lowest BCUT2D eigenvalue weighted by molar-refractivity contribution is -0.140. The van der Waals surface area contributed by atoms with Crippen LogP contribution in [-0.4, -0.2) is 32.1 Å². The van der Waals surface area contributed by atoms with E-state index in [1.165, 1.54) is 6.33 Å². The first-order chi connectivity index (χ1) is 9.09. The molecule has 0 unspecified atom stereocenters. The van der Waals surface area contributed by atoms with Gasteiger partial charge in [-0.2, -0.15) is 0 Å². The van der Waals surface area contributed by atoms with Crippen LogP contribution in [0.5, 0.6) is 0 Å². The van der Waals surface area contributed by atoms with Gasteiger partial charge in [-0.15, -0.1) is 0 Å². The Hall–Kier alpha value is -2.96. The van der Waals surface area contributed by atoms with Crippen LogP contribution < -0.4 is 5.32 Å². The number of benzene rings is 1. The molecule has 1 aromatic heterocycles. The van der Waals surface area contributed by atoms with E-state index >= 15 is 0 Å². The third kappa shape index (κ3) is 2.65. The van der Waals surface area contributed by atoms with Crippen molar-refractivity contribution in [1.82, 2.24) is 9.97 Å². The molecule has 0 fully saturated rings. The highest BCUT2D eigenvalue weighted by Gasteiger charge is 2.15. The number of para-hydroxylation sites is 1. The minimum atomic E-state index is -1.53. The number of fused-ring (bicyclic) bond motifs is 1. The third-order valence-electron chi connectivity index (χ3n) is 2.36. The molecule has 96 valence electrons. The summed E-state index contributed by atoms with van der Waals surface area (Å²) in [6.07, 6.45) is 2.19. The fraction of sp³-hybridized carbons (Fsp3) is 0. The largest absolute Gasteiger partial charge is 0.477 e. The summed E-state index contributed by atoms with van der Waals surface area (Å²) in [6.45, 7) is 0. The van der Waals surface area contributed by atoms with E-state index in [1.54, 1.807) is 24.3 Å². The summed E-state index contributed by atoms with van der Waals surface area (Å²) in [5.41, 5.74) is -0.108. The lowest BCUT2D eigenvalue weighted by Crippen LogP contribution is -2.13. The molecule has 0 saturated carbocycles. The van der Waals surface area contributed by atoms with Gasteiger partial charge in [0.15, 0.2) is 5.57 Å². The molecule has 3 N–H and O–H groups in total. The number of nitrogens with one attached hydrogen (secondary N) is 1. The molecule has 0 aliphatic rings. The van der Waals surface area contributed by atoms with Gasteiger partial charge in [-0.05, 0) is 12.1 Å². The number of aromatic nitrogens is 2. The quantitative estimate of drug-likeness (QED) is 0.428. The molecule has 7 nitrogen and oxygen atoms in total. The number of aliphatic carboxylic acids is 2. The van der Waals surface area contributed by atoms with Crippen LogP contribution in [0.1, 0.15) is 0 Å². The van der Waals surface area contributed by atoms with Crippen molar-refractivity contribution in [3.63, 3.8) is 0 Å². The highest BCUT2D eigenvalue weighted by atomic mass is 16.4.